The molecular weight excluding hydrogens is 370 g/mol. The zero-order valence-corrected chi connectivity index (χ0v) is 18.0. The number of rotatable bonds is 8. The molecule has 1 atom stereocenters. The van der Waals surface area contributed by atoms with Crippen LogP contribution in [0.2, 0.25) is 0 Å². The second-order valence-electron chi connectivity index (χ2n) is 7.96. The molecule has 0 bridgehead atoms. The molecule has 1 aliphatic heterocycles. The van der Waals surface area contributed by atoms with Crippen LogP contribution in [0.1, 0.15) is 56.2 Å². The molecular formula is C21H31N5OS. The Morgan fingerprint density at radius 1 is 1.36 bits per heavy atom. The van der Waals surface area contributed by atoms with Gasteiger partial charge in [0.05, 0.1) is 0 Å². The van der Waals surface area contributed by atoms with E-state index in [0.717, 1.165) is 54.7 Å². The van der Waals surface area contributed by atoms with Crippen LogP contribution in [0.3, 0.4) is 0 Å². The van der Waals surface area contributed by atoms with Crippen LogP contribution in [0.25, 0.3) is 0 Å². The van der Waals surface area contributed by atoms with Gasteiger partial charge in [0.25, 0.3) is 0 Å². The smallest absolute Gasteiger partial charge is 0.222 e. The number of amides is 1. The molecule has 7 heteroatoms. The summed E-state index contributed by atoms with van der Waals surface area (Å²) in [5.74, 6) is 1.20. The Balaban J connectivity index is 1.43. The Morgan fingerprint density at radius 2 is 2.21 bits per heavy atom. The van der Waals surface area contributed by atoms with Crippen molar-refractivity contribution in [1.29, 1.82) is 0 Å². The van der Waals surface area contributed by atoms with E-state index in [9.17, 15) is 4.79 Å². The summed E-state index contributed by atoms with van der Waals surface area (Å²) in [6, 6.07) is 5.91. The molecule has 0 aliphatic carbocycles. The summed E-state index contributed by atoms with van der Waals surface area (Å²) in [7, 11) is 1.90. The van der Waals surface area contributed by atoms with Crippen molar-refractivity contribution < 1.29 is 4.79 Å². The highest BCUT2D eigenvalue weighted by molar-refractivity contribution is 7.15. The highest BCUT2D eigenvalue weighted by atomic mass is 32.1. The fourth-order valence-electron chi connectivity index (χ4n) is 3.53. The maximum absolute atomic E-state index is 12.5. The average molecular weight is 402 g/mol. The Bertz CT molecular complexity index is 748. The van der Waals surface area contributed by atoms with E-state index in [1.54, 1.807) is 17.5 Å². The lowest BCUT2D eigenvalue weighted by atomic mass is 9.93. The Kier molecular flexibility index (Phi) is 7.36. The van der Waals surface area contributed by atoms with Gasteiger partial charge in [-0.3, -0.25) is 9.78 Å². The third-order valence-corrected chi connectivity index (χ3v) is 6.62. The summed E-state index contributed by atoms with van der Waals surface area (Å²) < 4.78 is 0. The zero-order chi connectivity index (χ0) is 19.9. The summed E-state index contributed by atoms with van der Waals surface area (Å²) in [6.07, 6.45) is 6.51. The first-order valence-electron chi connectivity index (χ1n) is 10.2. The lowest BCUT2D eigenvalue weighted by Crippen LogP contribution is -2.36. The molecule has 28 heavy (non-hydrogen) atoms. The van der Waals surface area contributed by atoms with Crippen molar-refractivity contribution >= 4 is 22.4 Å². The SMILES string of the molecule is CC(C)c1nnc(N2CCC[C@@H](CCC(=O)N(C)CCc3ccccn3)C2)s1. The molecule has 0 saturated carbocycles. The van der Waals surface area contributed by atoms with Crippen molar-refractivity contribution in [1.82, 2.24) is 20.1 Å². The monoisotopic (exact) mass is 401 g/mol. The molecule has 3 rings (SSSR count). The number of hydrogen-bond donors (Lipinski definition) is 0. The quantitative estimate of drug-likeness (QED) is 0.674. The Morgan fingerprint density at radius 3 is 2.93 bits per heavy atom. The van der Waals surface area contributed by atoms with Crippen LogP contribution in [0, 0.1) is 5.92 Å². The summed E-state index contributed by atoms with van der Waals surface area (Å²) in [4.78, 5) is 21.0. The predicted octanol–water partition coefficient (Wildman–Crippen LogP) is 3.75. The lowest BCUT2D eigenvalue weighted by Gasteiger charge is -2.32. The molecule has 0 N–H and O–H groups in total. The van der Waals surface area contributed by atoms with Gasteiger partial charge in [0.1, 0.15) is 5.01 Å². The number of hydrogen-bond acceptors (Lipinski definition) is 6. The van der Waals surface area contributed by atoms with E-state index in [0.29, 0.717) is 18.3 Å². The summed E-state index contributed by atoms with van der Waals surface area (Å²) in [6.45, 7) is 7.05. The van der Waals surface area contributed by atoms with E-state index in [1.165, 1.54) is 6.42 Å². The maximum Gasteiger partial charge on any atom is 0.222 e. The van der Waals surface area contributed by atoms with Crippen LogP contribution in [0.15, 0.2) is 24.4 Å². The molecule has 1 fully saturated rings. The molecule has 6 nitrogen and oxygen atoms in total. The van der Waals surface area contributed by atoms with Crippen molar-refractivity contribution in [3.05, 3.63) is 35.1 Å². The first-order valence-corrected chi connectivity index (χ1v) is 11.1. The van der Waals surface area contributed by atoms with Gasteiger partial charge in [-0.25, -0.2) is 0 Å². The molecule has 2 aromatic heterocycles. The van der Waals surface area contributed by atoms with Crippen molar-refractivity contribution in [2.75, 3.05) is 31.6 Å². The first-order chi connectivity index (χ1) is 13.5. The van der Waals surface area contributed by atoms with Gasteiger partial charge in [-0.2, -0.15) is 0 Å². The number of piperidine rings is 1. The number of nitrogens with zero attached hydrogens (tertiary/aromatic N) is 5. The van der Waals surface area contributed by atoms with E-state index in [1.807, 2.05) is 30.1 Å². The molecule has 0 unspecified atom stereocenters. The molecule has 0 radical (unpaired) electrons. The van der Waals surface area contributed by atoms with Crippen LogP contribution in [0.4, 0.5) is 5.13 Å². The summed E-state index contributed by atoms with van der Waals surface area (Å²) in [5, 5.41) is 10.8. The van der Waals surface area contributed by atoms with Gasteiger partial charge in [0, 0.05) is 57.3 Å². The van der Waals surface area contributed by atoms with Gasteiger partial charge in [0.15, 0.2) is 0 Å². The number of aromatic nitrogens is 3. The lowest BCUT2D eigenvalue weighted by molar-refractivity contribution is -0.130. The fraction of sp³-hybridized carbons (Fsp3) is 0.619. The van der Waals surface area contributed by atoms with E-state index in [-0.39, 0.29) is 5.91 Å². The van der Waals surface area contributed by atoms with E-state index in [4.69, 9.17) is 0 Å². The van der Waals surface area contributed by atoms with Gasteiger partial charge >= 0.3 is 0 Å². The molecule has 2 aromatic rings. The normalized spacial score (nSPS) is 17.1. The second-order valence-corrected chi connectivity index (χ2v) is 8.94. The predicted molar refractivity (Wildman–Crippen MR) is 114 cm³/mol. The van der Waals surface area contributed by atoms with E-state index >= 15 is 0 Å². The van der Waals surface area contributed by atoms with Crippen LogP contribution in [-0.2, 0) is 11.2 Å². The average Bonchev–Trinajstić information content (AvgIpc) is 3.22. The van der Waals surface area contributed by atoms with Crippen molar-refractivity contribution in [3.63, 3.8) is 0 Å². The van der Waals surface area contributed by atoms with Crippen LogP contribution < -0.4 is 4.90 Å². The third kappa shape index (κ3) is 5.74. The molecule has 1 saturated heterocycles. The van der Waals surface area contributed by atoms with Gasteiger partial charge in [-0.15, -0.1) is 10.2 Å². The first kappa shape index (κ1) is 20.7. The fourth-order valence-corrected chi connectivity index (χ4v) is 4.41. The summed E-state index contributed by atoms with van der Waals surface area (Å²) >= 11 is 1.71. The third-order valence-electron chi connectivity index (χ3n) is 5.34. The zero-order valence-electron chi connectivity index (χ0n) is 17.2. The topological polar surface area (TPSA) is 62.2 Å². The molecule has 3 heterocycles. The molecule has 0 spiro atoms. The Labute approximate surface area is 172 Å². The van der Waals surface area contributed by atoms with Crippen LogP contribution in [0.5, 0.6) is 0 Å². The van der Waals surface area contributed by atoms with Crippen molar-refractivity contribution in [2.24, 2.45) is 5.92 Å². The maximum atomic E-state index is 12.5. The van der Waals surface area contributed by atoms with Gasteiger partial charge in [-0.05, 0) is 37.3 Å². The number of carbonyl (C=O) groups excluding carboxylic acids is 1. The highest BCUT2D eigenvalue weighted by Gasteiger charge is 2.24. The highest BCUT2D eigenvalue weighted by Crippen LogP contribution is 2.30. The minimum absolute atomic E-state index is 0.228. The molecule has 1 aliphatic rings. The summed E-state index contributed by atoms with van der Waals surface area (Å²) in [5.41, 5.74) is 1.03. The number of anilines is 1. The Hall–Kier alpha value is -2.02. The minimum atomic E-state index is 0.228. The molecule has 1 amide bonds. The van der Waals surface area contributed by atoms with Crippen molar-refractivity contribution in [2.45, 2.75) is 51.9 Å². The number of likely N-dealkylation sites (N-methyl/N-ethyl adjacent to an activating group) is 1. The van der Waals surface area contributed by atoms with E-state index < -0.39 is 0 Å². The van der Waals surface area contributed by atoms with Gasteiger partial charge < -0.3 is 9.80 Å². The number of carbonyl (C=O) groups is 1. The molecule has 0 aromatic carbocycles. The van der Waals surface area contributed by atoms with Crippen LogP contribution in [-0.4, -0.2) is 52.7 Å². The van der Waals surface area contributed by atoms with Crippen LogP contribution >= 0.6 is 11.3 Å². The standard InChI is InChI=1S/C21H31N5OS/c1-16(2)20-23-24-21(28-20)26-13-6-7-17(15-26)9-10-19(27)25(3)14-11-18-8-4-5-12-22-18/h4-5,8,12,16-17H,6-7,9-11,13-15H2,1-3H3/t17-/m0/s1. The largest absolute Gasteiger partial charge is 0.346 e. The molecule has 152 valence electrons. The van der Waals surface area contributed by atoms with Gasteiger partial charge in [0.2, 0.25) is 11.0 Å². The number of pyridine rings is 1. The van der Waals surface area contributed by atoms with E-state index in [2.05, 4.69) is 33.9 Å². The minimum Gasteiger partial charge on any atom is -0.346 e. The van der Waals surface area contributed by atoms with Gasteiger partial charge in [-0.1, -0.05) is 31.3 Å². The van der Waals surface area contributed by atoms with Crippen molar-refractivity contribution in [3.8, 4) is 0 Å². The second kappa shape index (κ2) is 9.96.